The van der Waals surface area contributed by atoms with Gasteiger partial charge < -0.3 is 24.4 Å². The number of fused-ring (bicyclic) bond motifs is 2. The van der Waals surface area contributed by atoms with Crippen LogP contribution in [0.4, 0.5) is 19.0 Å². The van der Waals surface area contributed by atoms with E-state index in [2.05, 4.69) is 15.0 Å². The van der Waals surface area contributed by atoms with Gasteiger partial charge >= 0.3 is 12.2 Å². The number of hydrogen-bond donors (Lipinski definition) is 2. The fourth-order valence-corrected chi connectivity index (χ4v) is 4.30. The molecule has 12 heteroatoms. The number of rotatable bonds is 7. The smallest absolute Gasteiger partial charge is 0.434 e. The highest BCUT2D eigenvalue weighted by atomic mass is 32.1. The maximum absolute atomic E-state index is 13.0. The lowest BCUT2D eigenvalue weighted by Crippen LogP contribution is -2.34. The first kappa shape index (κ1) is 21.8. The second kappa shape index (κ2) is 8.60. The van der Waals surface area contributed by atoms with Crippen LogP contribution in [0.15, 0.2) is 12.3 Å². The van der Waals surface area contributed by atoms with Crippen LogP contribution in [0.3, 0.4) is 0 Å². The molecule has 0 fully saturated rings. The van der Waals surface area contributed by atoms with Gasteiger partial charge in [-0.25, -0.2) is 4.98 Å². The zero-order chi connectivity index (χ0) is 22.2. The van der Waals surface area contributed by atoms with Crippen molar-refractivity contribution >= 4 is 27.4 Å². The number of aliphatic hydroxyl groups excluding tert-OH is 2. The molecular formula is C19H22F3N5O3S. The molecule has 3 aromatic heterocycles. The summed E-state index contributed by atoms with van der Waals surface area (Å²) >= 11 is 1.50. The van der Waals surface area contributed by atoms with Crippen molar-refractivity contribution in [1.82, 2.24) is 19.5 Å². The Labute approximate surface area is 179 Å². The Kier molecular flexibility index (Phi) is 6.04. The Morgan fingerprint density at radius 3 is 2.65 bits per heavy atom. The van der Waals surface area contributed by atoms with E-state index in [0.717, 1.165) is 22.9 Å². The zero-order valence-electron chi connectivity index (χ0n) is 16.8. The van der Waals surface area contributed by atoms with Crippen LogP contribution in [0.2, 0.25) is 0 Å². The molecular weight excluding hydrogens is 435 g/mol. The molecule has 3 aromatic rings. The van der Waals surface area contributed by atoms with Crippen molar-refractivity contribution in [3.05, 3.63) is 28.7 Å². The summed E-state index contributed by atoms with van der Waals surface area (Å²) in [5.74, 6) is 0.434. The van der Waals surface area contributed by atoms with Gasteiger partial charge in [-0.2, -0.15) is 23.1 Å². The first-order chi connectivity index (χ1) is 14.8. The highest BCUT2D eigenvalue weighted by molar-refractivity contribution is 7.18. The first-order valence-electron chi connectivity index (χ1n) is 9.85. The molecule has 0 bridgehead atoms. The molecule has 0 unspecified atom stereocenters. The zero-order valence-corrected chi connectivity index (χ0v) is 17.6. The molecule has 2 N–H and O–H groups in total. The molecule has 31 heavy (non-hydrogen) atoms. The van der Waals surface area contributed by atoms with Crippen LogP contribution in [0.25, 0.3) is 10.2 Å². The molecule has 1 aliphatic rings. The Balaban J connectivity index is 1.67. The topological polar surface area (TPSA) is 96.5 Å². The van der Waals surface area contributed by atoms with Gasteiger partial charge in [0.2, 0.25) is 0 Å². The van der Waals surface area contributed by atoms with E-state index in [4.69, 9.17) is 4.74 Å². The number of aliphatic hydroxyl groups is 2. The van der Waals surface area contributed by atoms with E-state index in [0.29, 0.717) is 29.6 Å². The summed E-state index contributed by atoms with van der Waals surface area (Å²) in [4.78, 5) is 16.4. The fraction of sp³-hybridized carbons (Fsp3) is 0.526. The Morgan fingerprint density at radius 1 is 1.19 bits per heavy atom. The van der Waals surface area contributed by atoms with Crippen LogP contribution in [0.5, 0.6) is 6.01 Å². The Hall–Kier alpha value is -2.44. The minimum Gasteiger partial charge on any atom is -0.463 e. The molecule has 1 aliphatic heterocycles. The van der Waals surface area contributed by atoms with Crippen molar-refractivity contribution < 1.29 is 28.1 Å². The molecule has 168 valence electrons. The van der Waals surface area contributed by atoms with Crippen LogP contribution >= 0.6 is 11.3 Å². The van der Waals surface area contributed by atoms with E-state index in [1.165, 1.54) is 15.9 Å². The Morgan fingerprint density at radius 2 is 1.97 bits per heavy atom. The minimum atomic E-state index is -4.49. The number of imidazole rings is 1. The van der Waals surface area contributed by atoms with E-state index >= 15 is 0 Å². The van der Waals surface area contributed by atoms with Crippen LogP contribution in [0.1, 0.15) is 23.3 Å². The number of nitrogens with zero attached hydrogens (tertiary/aromatic N) is 5. The quantitative estimate of drug-likeness (QED) is 0.563. The van der Waals surface area contributed by atoms with Crippen molar-refractivity contribution in [2.24, 2.45) is 5.92 Å². The summed E-state index contributed by atoms with van der Waals surface area (Å²) in [5.41, 5.74) is -0.899. The summed E-state index contributed by atoms with van der Waals surface area (Å²) in [6.07, 6.45) is -2.63. The lowest BCUT2D eigenvalue weighted by molar-refractivity contribution is -0.141. The Bertz CT molecular complexity index is 1060. The SMILES string of the molecule is CCc1cc2c(N3CCn4cc(C(F)(F)F)nc4C3)nc(OCC(CO)CO)nc2s1. The van der Waals surface area contributed by atoms with E-state index in [9.17, 15) is 23.4 Å². The summed E-state index contributed by atoms with van der Waals surface area (Å²) < 4.78 is 46.3. The average Bonchev–Trinajstić information content (AvgIpc) is 3.37. The second-order valence-electron chi connectivity index (χ2n) is 7.31. The molecule has 0 amide bonds. The minimum absolute atomic E-state index is 0.0449. The molecule has 0 radical (unpaired) electrons. The number of alkyl halides is 3. The third-order valence-corrected chi connectivity index (χ3v) is 6.28. The summed E-state index contributed by atoms with van der Waals surface area (Å²) in [5, 5.41) is 19.3. The first-order valence-corrected chi connectivity index (χ1v) is 10.7. The molecule has 4 heterocycles. The second-order valence-corrected chi connectivity index (χ2v) is 8.43. The summed E-state index contributed by atoms with van der Waals surface area (Å²) in [6.45, 7) is 2.58. The normalized spacial score (nSPS) is 14.5. The van der Waals surface area contributed by atoms with Crippen LogP contribution in [0, 0.1) is 5.92 Å². The van der Waals surface area contributed by atoms with Crippen LogP contribution in [-0.2, 0) is 25.7 Å². The van der Waals surface area contributed by atoms with Gasteiger partial charge in [0.05, 0.1) is 31.8 Å². The van der Waals surface area contributed by atoms with Gasteiger partial charge in [0.15, 0.2) is 5.69 Å². The number of anilines is 1. The monoisotopic (exact) mass is 457 g/mol. The largest absolute Gasteiger partial charge is 0.463 e. The van der Waals surface area contributed by atoms with Gasteiger partial charge in [0.25, 0.3) is 0 Å². The van der Waals surface area contributed by atoms with Crippen LogP contribution in [-0.4, -0.2) is 56.1 Å². The van der Waals surface area contributed by atoms with E-state index in [1.54, 1.807) is 0 Å². The van der Waals surface area contributed by atoms with Gasteiger partial charge in [-0.05, 0) is 12.5 Å². The lowest BCUT2D eigenvalue weighted by Gasteiger charge is -2.29. The van der Waals surface area contributed by atoms with Gasteiger partial charge in [-0.3, -0.25) is 0 Å². The fourth-order valence-electron chi connectivity index (χ4n) is 3.34. The van der Waals surface area contributed by atoms with E-state index in [-0.39, 0.29) is 32.4 Å². The van der Waals surface area contributed by atoms with Gasteiger partial charge in [-0.15, -0.1) is 11.3 Å². The summed E-state index contributed by atoms with van der Waals surface area (Å²) in [6, 6.07) is 2.09. The van der Waals surface area contributed by atoms with Gasteiger partial charge in [-0.1, -0.05) is 6.92 Å². The standard InChI is InChI=1S/C19H22F3N5O3S/c1-2-12-5-13-16(24-18(25-17(13)31-12)30-10-11(8-28)9-29)27-4-3-26-6-14(19(20,21)22)23-15(26)7-27/h5-6,11,28-29H,2-4,7-10H2,1H3. The highest BCUT2D eigenvalue weighted by Crippen LogP contribution is 2.35. The summed E-state index contributed by atoms with van der Waals surface area (Å²) in [7, 11) is 0. The molecule has 0 aromatic carbocycles. The van der Waals surface area contributed by atoms with Crippen molar-refractivity contribution in [3.8, 4) is 6.01 Å². The molecule has 0 atom stereocenters. The maximum Gasteiger partial charge on any atom is 0.434 e. The van der Waals surface area contributed by atoms with Crippen molar-refractivity contribution in [1.29, 1.82) is 0 Å². The molecule has 0 saturated carbocycles. The third kappa shape index (κ3) is 4.46. The number of aryl methyl sites for hydroxylation is 1. The molecule has 0 aliphatic carbocycles. The molecule has 0 spiro atoms. The molecule has 8 nitrogen and oxygen atoms in total. The predicted molar refractivity (Wildman–Crippen MR) is 108 cm³/mol. The van der Waals surface area contributed by atoms with Gasteiger partial charge in [0, 0.05) is 30.1 Å². The lowest BCUT2D eigenvalue weighted by atomic mass is 10.2. The molecule has 4 rings (SSSR count). The molecule has 0 saturated heterocycles. The number of ether oxygens (including phenoxy) is 1. The number of hydrogen-bond acceptors (Lipinski definition) is 8. The van der Waals surface area contributed by atoms with Crippen molar-refractivity contribution in [2.45, 2.75) is 32.6 Å². The van der Waals surface area contributed by atoms with Crippen LogP contribution < -0.4 is 9.64 Å². The van der Waals surface area contributed by atoms with Crippen molar-refractivity contribution in [2.75, 3.05) is 31.3 Å². The van der Waals surface area contributed by atoms with Gasteiger partial charge in [0.1, 0.15) is 16.5 Å². The maximum atomic E-state index is 13.0. The predicted octanol–water partition coefficient (Wildman–Crippen LogP) is 2.47. The van der Waals surface area contributed by atoms with E-state index in [1.807, 2.05) is 17.9 Å². The highest BCUT2D eigenvalue weighted by Gasteiger charge is 2.36. The number of aromatic nitrogens is 4. The van der Waals surface area contributed by atoms with E-state index < -0.39 is 17.8 Å². The van der Waals surface area contributed by atoms with Crippen molar-refractivity contribution in [3.63, 3.8) is 0 Å². The average molecular weight is 457 g/mol. The number of thiophene rings is 1. The third-order valence-electron chi connectivity index (χ3n) is 5.11. The number of halogens is 3.